The quantitative estimate of drug-likeness (QED) is 0.847. The molecule has 1 fully saturated rings. The Hall–Kier alpha value is -1.46. The predicted molar refractivity (Wildman–Crippen MR) is 83.9 cm³/mol. The van der Waals surface area contributed by atoms with Crippen LogP contribution in [-0.4, -0.2) is 41.1 Å². The van der Waals surface area contributed by atoms with Crippen molar-refractivity contribution in [2.75, 3.05) is 13.1 Å². The van der Waals surface area contributed by atoms with E-state index in [1.54, 1.807) is 19.1 Å². The Balaban J connectivity index is 1.85. The Morgan fingerprint density at radius 1 is 1.41 bits per heavy atom. The van der Waals surface area contributed by atoms with Gasteiger partial charge in [0.05, 0.1) is 18.7 Å². The number of nitrogens with zero attached hydrogens (tertiary/aromatic N) is 1. The predicted octanol–water partition coefficient (Wildman–Crippen LogP) is 2.24. The van der Waals surface area contributed by atoms with Gasteiger partial charge in [-0.15, -0.1) is 0 Å². The molecule has 0 saturated carbocycles. The van der Waals surface area contributed by atoms with E-state index in [-0.39, 0.29) is 29.9 Å². The summed E-state index contributed by atoms with van der Waals surface area (Å²) in [7, 11) is 0. The van der Waals surface area contributed by atoms with Gasteiger partial charge in [0.15, 0.2) is 0 Å². The highest BCUT2D eigenvalue weighted by molar-refractivity contribution is 5.78. The molecule has 1 heterocycles. The van der Waals surface area contributed by atoms with Crippen LogP contribution in [0.4, 0.5) is 4.39 Å². The number of aliphatic hydroxyl groups excluding tert-OH is 1. The Kier molecular flexibility index (Phi) is 5.91. The second-order valence-electron chi connectivity index (χ2n) is 6.19. The Labute approximate surface area is 131 Å². The third-order valence-corrected chi connectivity index (χ3v) is 4.21. The summed E-state index contributed by atoms with van der Waals surface area (Å²) in [5.74, 6) is -0.311. The van der Waals surface area contributed by atoms with Crippen molar-refractivity contribution in [3.8, 4) is 0 Å². The van der Waals surface area contributed by atoms with E-state index in [4.69, 9.17) is 0 Å². The molecule has 5 heteroatoms. The molecule has 1 aromatic carbocycles. The molecule has 1 aliphatic heterocycles. The SMILES string of the molecule is CC(O)CC1CCCN1CC(=O)NC(C)c1ccc(F)cc1. The molecule has 1 aliphatic rings. The van der Waals surface area contributed by atoms with Crippen LogP contribution in [0.2, 0.25) is 0 Å². The summed E-state index contributed by atoms with van der Waals surface area (Å²) >= 11 is 0. The fourth-order valence-corrected chi connectivity index (χ4v) is 3.07. The number of aliphatic hydroxyl groups is 1. The van der Waals surface area contributed by atoms with Crippen LogP contribution >= 0.6 is 0 Å². The number of carbonyl (C=O) groups is 1. The van der Waals surface area contributed by atoms with E-state index >= 15 is 0 Å². The third-order valence-electron chi connectivity index (χ3n) is 4.21. The van der Waals surface area contributed by atoms with Gasteiger partial charge in [-0.1, -0.05) is 12.1 Å². The molecule has 0 spiro atoms. The minimum atomic E-state index is -0.341. The maximum Gasteiger partial charge on any atom is 0.234 e. The highest BCUT2D eigenvalue weighted by Crippen LogP contribution is 2.21. The van der Waals surface area contributed by atoms with E-state index in [0.29, 0.717) is 13.0 Å². The van der Waals surface area contributed by atoms with Crippen LogP contribution in [0.1, 0.15) is 44.7 Å². The molecule has 22 heavy (non-hydrogen) atoms. The van der Waals surface area contributed by atoms with Gasteiger partial charge in [-0.05, 0) is 57.4 Å². The van der Waals surface area contributed by atoms with Crippen molar-refractivity contribution >= 4 is 5.91 Å². The topological polar surface area (TPSA) is 52.6 Å². The van der Waals surface area contributed by atoms with Crippen LogP contribution in [0.5, 0.6) is 0 Å². The second-order valence-corrected chi connectivity index (χ2v) is 6.19. The summed E-state index contributed by atoms with van der Waals surface area (Å²) in [5.41, 5.74) is 0.886. The molecule has 122 valence electrons. The number of hydrogen-bond acceptors (Lipinski definition) is 3. The number of halogens is 1. The summed E-state index contributed by atoms with van der Waals surface area (Å²) in [5, 5.41) is 12.5. The molecule has 4 nitrogen and oxygen atoms in total. The van der Waals surface area contributed by atoms with E-state index in [1.165, 1.54) is 12.1 Å². The van der Waals surface area contributed by atoms with Crippen LogP contribution in [0.15, 0.2) is 24.3 Å². The van der Waals surface area contributed by atoms with Gasteiger partial charge >= 0.3 is 0 Å². The molecule has 0 aromatic heterocycles. The molecule has 0 aliphatic carbocycles. The molecule has 1 amide bonds. The minimum Gasteiger partial charge on any atom is -0.393 e. The summed E-state index contributed by atoms with van der Waals surface area (Å²) in [6, 6.07) is 6.31. The van der Waals surface area contributed by atoms with Gasteiger partial charge in [-0.2, -0.15) is 0 Å². The summed E-state index contributed by atoms with van der Waals surface area (Å²) in [6.07, 6.45) is 2.47. The molecule has 2 N–H and O–H groups in total. The first-order chi connectivity index (χ1) is 10.5. The Morgan fingerprint density at radius 3 is 2.73 bits per heavy atom. The third kappa shape index (κ3) is 4.78. The molecular weight excluding hydrogens is 283 g/mol. The molecule has 0 radical (unpaired) electrons. The number of likely N-dealkylation sites (tertiary alicyclic amines) is 1. The average molecular weight is 308 g/mol. The van der Waals surface area contributed by atoms with E-state index < -0.39 is 0 Å². The highest BCUT2D eigenvalue weighted by Gasteiger charge is 2.27. The molecule has 1 aromatic rings. The van der Waals surface area contributed by atoms with Gasteiger partial charge in [0, 0.05) is 6.04 Å². The monoisotopic (exact) mass is 308 g/mol. The number of amides is 1. The summed E-state index contributed by atoms with van der Waals surface area (Å²) < 4.78 is 12.9. The number of benzene rings is 1. The average Bonchev–Trinajstić information content (AvgIpc) is 2.85. The van der Waals surface area contributed by atoms with Crippen molar-refractivity contribution in [1.82, 2.24) is 10.2 Å². The van der Waals surface area contributed by atoms with Crippen molar-refractivity contribution < 1.29 is 14.3 Å². The van der Waals surface area contributed by atoms with E-state index in [9.17, 15) is 14.3 Å². The number of carbonyl (C=O) groups excluding carboxylic acids is 1. The van der Waals surface area contributed by atoms with Crippen LogP contribution in [0, 0.1) is 5.82 Å². The standard InChI is InChI=1S/C17H25FN2O2/c1-12(21)10-16-4-3-9-20(16)11-17(22)19-13(2)14-5-7-15(18)8-6-14/h5-8,12-13,16,21H,3-4,9-11H2,1-2H3,(H,19,22). The van der Waals surface area contributed by atoms with Crippen LogP contribution in [0.25, 0.3) is 0 Å². The molecule has 3 unspecified atom stereocenters. The number of nitrogens with one attached hydrogen (secondary N) is 1. The Bertz CT molecular complexity index is 490. The minimum absolute atomic E-state index is 0.0330. The molecule has 3 atom stereocenters. The highest BCUT2D eigenvalue weighted by atomic mass is 19.1. The Morgan fingerprint density at radius 2 is 2.09 bits per heavy atom. The largest absolute Gasteiger partial charge is 0.393 e. The smallest absolute Gasteiger partial charge is 0.234 e. The molecular formula is C17H25FN2O2. The zero-order valence-corrected chi connectivity index (χ0v) is 13.3. The molecule has 0 bridgehead atoms. The van der Waals surface area contributed by atoms with E-state index in [1.807, 2.05) is 6.92 Å². The van der Waals surface area contributed by atoms with E-state index in [0.717, 1.165) is 24.9 Å². The zero-order valence-electron chi connectivity index (χ0n) is 13.3. The van der Waals surface area contributed by atoms with Crippen molar-refractivity contribution in [3.63, 3.8) is 0 Å². The van der Waals surface area contributed by atoms with Crippen molar-refractivity contribution in [2.45, 2.75) is 51.3 Å². The number of hydrogen-bond donors (Lipinski definition) is 2. The fraction of sp³-hybridized carbons (Fsp3) is 0.588. The van der Waals surface area contributed by atoms with Crippen LogP contribution in [-0.2, 0) is 4.79 Å². The van der Waals surface area contributed by atoms with Gasteiger partial charge in [-0.3, -0.25) is 9.69 Å². The maximum absolute atomic E-state index is 12.9. The lowest BCUT2D eigenvalue weighted by Gasteiger charge is -2.25. The molecule has 2 rings (SSSR count). The second kappa shape index (κ2) is 7.70. The van der Waals surface area contributed by atoms with E-state index in [2.05, 4.69) is 10.2 Å². The lowest BCUT2D eigenvalue weighted by atomic mass is 10.1. The van der Waals surface area contributed by atoms with Gasteiger partial charge in [0.25, 0.3) is 0 Å². The van der Waals surface area contributed by atoms with Crippen molar-refractivity contribution in [2.24, 2.45) is 0 Å². The fourth-order valence-electron chi connectivity index (χ4n) is 3.07. The zero-order chi connectivity index (χ0) is 16.1. The normalized spacial score (nSPS) is 21.5. The first kappa shape index (κ1) is 16.9. The molecule has 1 saturated heterocycles. The van der Waals surface area contributed by atoms with Gasteiger partial charge < -0.3 is 10.4 Å². The first-order valence-corrected chi connectivity index (χ1v) is 7.92. The summed E-state index contributed by atoms with van der Waals surface area (Å²) in [6.45, 7) is 4.92. The first-order valence-electron chi connectivity index (χ1n) is 7.92. The van der Waals surface area contributed by atoms with Crippen molar-refractivity contribution in [1.29, 1.82) is 0 Å². The maximum atomic E-state index is 12.9. The number of rotatable bonds is 6. The van der Waals surface area contributed by atoms with Gasteiger partial charge in [0.1, 0.15) is 5.82 Å². The lowest BCUT2D eigenvalue weighted by molar-refractivity contribution is -0.123. The van der Waals surface area contributed by atoms with Gasteiger partial charge in [-0.25, -0.2) is 4.39 Å². The van der Waals surface area contributed by atoms with Crippen molar-refractivity contribution in [3.05, 3.63) is 35.6 Å². The van der Waals surface area contributed by atoms with Crippen LogP contribution in [0.3, 0.4) is 0 Å². The van der Waals surface area contributed by atoms with Gasteiger partial charge in [0.2, 0.25) is 5.91 Å². The summed E-state index contributed by atoms with van der Waals surface area (Å²) in [4.78, 5) is 14.3. The van der Waals surface area contributed by atoms with Crippen LogP contribution < -0.4 is 5.32 Å². The lowest BCUT2D eigenvalue weighted by Crippen LogP contribution is -2.41.